The van der Waals surface area contributed by atoms with Gasteiger partial charge in [-0.15, -0.1) is 24.0 Å². The molecule has 0 saturated carbocycles. The number of rotatable bonds is 7. The number of benzene rings is 1. The Morgan fingerprint density at radius 3 is 2.39 bits per heavy atom. The summed E-state index contributed by atoms with van der Waals surface area (Å²) in [5, 5.41) is 6.75. The van der Waals surface area contributed by atoms with Gasteiger partial charge in [-0.05, 0) is 29.9 Å². The number of sulfonamides is 1. The number of aliphatic imine (C=N–C) groups is 1. The summed E-state index contributed by atoms with van der Waals surface area (Å²) >= 11 is 0. The van der Waals surface area contributed by atoms with E-state index in [0.717, 1.165) is 31.9 Å². The molecule has 2 N–H and O–H groups in total. The molecule has 160 valence electrons. The van der Waals surface area contributed by atoms with Gasteiger partial charge in [0.25, 0.3) is 0 Å². The van der Waals surface area contributed by atoms with E-state index in [4.69, 9.17) is 0 Å². The van der Waals surface area contributed by atoms with Crippen molar-refractivity contribution >= 4 is 40.0 Å². The summed E-state index contributed by atoms with van der Waals surface area (Å²) in [4.78, 5) is 4.30. The fraction of sp³-hybridized carbons (Fsp3) is 0.650. The maximum Gasteiger partial charge on any atom is 0.211 e. The van der Waals surface area contributed by atoms with Crippen LogP contribution in [-0.2, 0) is 21.9 Å². The van der Waals surface area contributed by atoms with Gasteiger partial charge in [-0.3, -0.25) is 4.99 Å². The Hall–Kier alpha value is -0.870. The minimum Gasteiger partial charge on any atom is -0.356 e. The molecule has 1 heterocycles. The quantitative estimate of drug-likeness (QED) is 0.328. The fourth-order valence-corrected chi connectivity index (χ4v) is 4.24. The van der Waals surface area contributed by atoms with Crippen LogP contribution in [0.5, 0.6) is 0 Å². The molecule has 1 aliphatic heterocycles. The first-order valence-electron chi connectivity index (χ1n) is 9.64. The smallest absolute Gasteiger partial charge is 0.211 e. The van der Waals surface area contributed by atoms with Gasteiger partial charge in [0.2, 0.25) is 10.0 Å². The molecular weight excluding hydrogens is 487 g/mol. The third-order valence-corrected chi connectivity index (χ3v) is 6.61. The Morgan fingerprint density at radius 1 is 1.25 bits per heavy atom. The highest BCUT2D eigenvalue weighted by Gasteiger charge is 2.28. The first-order valence-corrected chi connectivity index (χ1v) is 11.5. The van der Waals surface area contributed by atoms with Gasteiger partial charge in [-0.25, -0.2) is 12.7 Å². The van der Waals surface area contributed by atoms with Gasteiger partial charge >= 0.3 is 0 Å². The first kappa shape index (κ1) is 25.2. The summed E-state index contributed by atoms with van der Waals surface area (Å²) in [5.41, 5.74) is 2.62. The van der Waals surface area contributed by atoms with Crippen molar-refractivity contribution in [3.05, 3.63) is 35.4 Å². The van der Waals surface area contributed by atoms with Crippen LogP contribution in [-0.4, -0.2) is 58.2 Å². The lowest BCUT2D eigenvalue weighted by atomic mass is 9.84. The second kappa shape index (κ2) is 10.8. The van der Waals surface area contributed by atoms with E-state index < -0.39 is 10.0 Å². The van der Waals surface area contributed by atoms with Crippen molar-refractivity contribution in [2.24, 2.45) is 10.9 Å². The van der Waals surface area contributed by atoms with E-state index in [-0.39, 0.29) is 29.4 Å². The van der Waals surface area contributed by atoms with Gasteiger partial charge in [0, 0.05) is 38.6 Å². The Bertz CT molecular complexity index is 748. The molecule has 6 nitrogen and oxygen atoms in total. The molecule has 1 aromatic carbocycles. The Kier molecular flexibility index (Phi) is 9.69. The highest BCUT2D eigenvalue weighted by atomic mass is 127. The lowest BCUT2D eigenvalue weighted by molar-refractivity contribution is 0.457. The van der Waals surface area contributed by atoms with E-state index in [2.05, 4.69) is 60.7 Å². The predicted molar refractivity (Wildman–Crippen MR) is 128 cm³/mol. The molecule has 1 atom stereocenters. The minimum absolute atomic E-state index is 0. The van der Waals surface area contributed by atoms with Crippen molar-refractivity contribution < 1.29 is 8.42 Å². The number of nitrogens with zero attached hydrogens (tertiary/aromatic N) is 2. The predicted octanol–water partition coefficient (Wildman–Crippen LogP) is 2.59. The van der Waals surface area contributed by atoms with Crippen LogP contribution in [0.15, 0.2) is 29.3 Å². The molecule has 1 saturated heterocycles. The van der Waals surface area contributed by atoms with E-state index >= 15 is 0 Å². The molecule has 0 amide bonds. The summed E-state index contributed by atoms with van der Waals surface area (Å²) in [5.74, 6) is 1.07. The van der Waals surface area contributed by atoms with Crippen molar-refractivity contribution in [3.8, 4) is 0 Å². The number of aryl methyl sites for hydroxylation is 1. The standard InChI is InChI=1S/C20H34N4O2S.HI/c1-6-16-7-9-18(10-8-16)20(2,3)15-23-19(21-4)22-13-17-11-12-24(14-17)27(5,25)26;/h7-10,17H,6,11-15H2,1-5H3,(H2,21,22,23);1H. The van der Waals surface area contributed by atoms with Gasteiger partial charge in [0.05, 0.1) is 6.26 Å². The van der Waals surface area contributed by atoms with Gasteiger partial charge < -0.3 is 10.6 Å². The van der Waals surface area contributed by atoms with Gasteiger partial charge in [0.15, 0.2) is 5.96 Å². The van der Waals surface area contributed by atoms with E-state index in [1.807, 2.05) is 0 Å². The summed E-state index contributed by atoms with van der Waals surface area (Å²) in [7, 11) is -1.33. The monoisotopic (exact) mass is 522 g/mol. The summed E-state index contributed by atoms with van der Waals surface area (Å²) in [6.45, 7) is 9.27. The largest absolute Gasteiger partial charge is 0.356 e. The number of nitrogens with one attached hydrogen (secondary N) is 2. The van der Waals surface area contributed by atoms with Crippen molar-refractivity contribution in [1.82, 2.24) is 14.9 Å². The Labute approximate surface area is 187 Å². The fourth-order valence-electron chi connectivity index (χ4n) is 3.32. The third-order valence-electron chi connectivity index (χ3n) is 5.34. The zero-order valence-corrected chi connectivity index (χ0v) is 20.8. The SMILES string of the molecule is CCc1ccc(C(C)(C)CNC(=NC)NCC2CCN(S(C)(=O)=O)C2)cc1.I. The van der Waals surface area contributed by atoms with Crippen molar-refractivity contribution in [1.29, 1.82) is 0 Å². The number of hydrogen-bond acceptors (Lipinski definition) is 3. The van der Waals surface area contributed by atoms with Gasteiger partial charge in [0.1, 0.15) is 0 Å². The minimum atomic E-state index is -3.09. The van der Waals surface area contributed by atoms with Crippen LogP contribution in [0.3, 0.4) is 0 Å². The molecule has 28 heavy (non-hydrogen) atoms. The topological polar surface area (TPSA) is 73.8 Å². The molecule has 0 spiro atoms. The average molecular weight is 522 g/mol. The first-order chi connectivity index (χ1) is 12.7. The second-order valence-corrected chi connectivity index (χ2v) is 10.00. The second-order valence-electron chi connectivity index (χ2n) is 8.02. The Balaban J connectivity index is 0.00000392. The third kappa shape index (κ3) is 7.18. The lowest BCUT2D eigenvalue weighted by Gasteiger charge is -2.27. The van der Waals surface area contributed by atoms with Crippen LogP contribution in [0.4, 0.5) is 0 Å². The van der Waals surface area contributed by atoms with Gasteiger partial charge in [-0.2, -0.15) is 0 Å². The molecule has 0 aliphatic carbocycles. The summed E-state index contributed by atoms with van der Waals surface area (Å²) in [6.07, 6.45) is 3.21. The molecule has 1 fully saturated rings. The van der Waals surface area contributed by atoms with Crippen LogP contribution in [0.1, 0.15) is 38.3 Å². The Morgan fingerprint density at radius 2 is 1.89 bits per heavy atom. The van der Waals surface area contributed by atoms with Crippen LogP contribution >= 0.6 is 24.0 Å². The molecule has 0 aromatic heterocycles. The summed E-state index contributed by atoms with van der Waals surface area (Å²) < 4.78 is 24.8. The highest BCUT2D eigenvalue weighted by Crippen LogP contribution is 2.23. The maximum absolute atomic E-state index is 11.6. The number of halogens is 1. The molecular formula is C20H35IN4O2S. The van der Waals surface area contributed by atoms with Crippen molar-refractivity contribution in [3.63, 3.8) is 0 Å². The number of hydrogen-bond donors (Lipinski definition) is 2. The molecule has 1 unspecified atom stereocenters. The van der Waals surface area contributed by atoms with Crippen LogP contribution < -0.4 is 10.6 Å². The van der Waals surface area contributed by atoms with Gasteiger partial charge in [-0.1, -0.05) is 45.0 Å². The molecule has 1 aromatic rings. The average Bonchev–Trinajstić information content (AvgIpc) is 3.11. The van der Waals surface area contributed by atoms with Crippen LogP contribution in [0, 0.1) is 5.92 Å². The van der Waals surface area contributed by atoms with E-state index in [0.29, 0.717) is 19.0 Å². The molecule has 0 bridgehead atoms. The van der Waals surface area contributed by atoms with Crippen molar-refractivity contribution in [2.75, 3.05) is 39.5 Å². The van der Waals surface area contributed by atoms with Crippen LogP contribution in [0.25, 0.3) is 0 Å². The number of guanidine groups is 1. The molecule has 2 rings (SSSR count). The lowest BCUT2D eigenvalue weighted by Crippen LogP contribution is -2.45. The van der Waals surface area contributed by atoms with Crippen LogP contribution in [0.2, 0.25) is 0 Å². The maximum atomic E-state index is 11.6. The molecule has 8 heteroatoms. The molecule has 0 radical (unpaired) electrons. The molecule has 1 aliphatic rings. The normalized spacial score (nSPS) is 18.6. The zero-order chi connectivity index (χ0) is 20.1. The summed E-state index contributed by atoms with van der Waals surface area (Å²) in [6, 6.07) is 8.79. The van der Waals surface area contributed by atoms with Crippen molar-refractivity contribution in [2.45, 2.75) is 39.0 Å². The highest BCUT2D eigenvalue weighted by molar-refractivity contribution is 14.0. The zero-order valence-electron chi connectivity index (χ0n) is 17.7. The van der Waals surface area contributed by atoms with E-state index in [1.165, 1.54) is 17.4 Å². The van der Waals surface area contributed by atoms with E-state index in [9.17, 15) is 8.42 Å². The van der Waals surface area contributed by atoms with E-state index in [1.54, 1.807) is 11.4 Å².